The van der Waals surface area contributed by atoms with Crippen molar-refractivity contribution in [3.05, 3.63) is 77.9 Å². The minimum absolute atomic E-state index is 0.378. The standard InChI is InChI=1S/C22H23N3O/c23-22(26)18-8-10-20(11-9-18)25-14-12-24(13-15-25)16-19-6-3-5-17-4-1-2-7-21(17)19/h1-11H,12-16H2,(H2,23,26). The van der Waals surface area contributed by atoms with Gasteiger partial charge in [0.2, 0.25) is 5.91 Å². The minimum Gasteiger partial charge on any atom is -0.369 e. The van der Waals surface area contributed by atoms with E-state index in [1.807, 2.05) is 12.1 Å². The van der Waals surface area contributed by atoms with E-state index in [1.165, 1.54) is 16.3 Å². The number of piperazine rings is 1. The van der Waals surface area contributed by atoms with Crippen molar-refractivity contribution in [3.63, 3.8) is 0 Å². The van der Waals surface area contributed by atoms with Crippen LogP contribution in [0.2, 0.25) is 0 Å². The fourth-order valence-electron chi connectivity index (χ4n) is 3.67. The van der Waals surface area contributed by atoms with E-state index in [0.29, 0.717) is 5.56 Å². The lowest BCUT2D eigenvalue weighted by atomic mass is 10.0. The van der Waals surface area contributed by atoms with Crippen molar-refractivity contribution in [2.45, 2.75) is 6.54 Å². The third-order valence-corrected chi connectivity index (χ3v) is 5.16. The van der Waals surface area contributed by atoms with Gasteiger partial charge in [-0.3, -0.25) is 9.69 Å². The first kappa shape index (κ1) is 16.6. The van der Waals surface area contributed by atoms with Crippen molar-refractivity contribution in [1.82, 2.24) is 4.90 Å². The van der Waals surface area contributed by atoms with Gasteiger partial charge < -0.3 is 10.6 Å². The van der Waals surface area contributed by atoms with E-state index < -0.39 is 0 Å². The number of benzene rings is 3. The van der Waals surface area contributed by atoms with Crippen LogP contribution in [-0.2, 0) is 6.54 Å². The molecule has 4 heteroatoms. The number of carbonyl (C=O) groups excluding carboxylic acids is 1. The monoisotopic (exact) mass is 345 g/mol. The maximum Gasteiger partial charge on any atom is 0.248 e. The summed E-state index contributed by atoms with van der Waals surface area (Å²) in [5.74, 6) is -0.378. The highest BCUT2D eigenvalue weighted by atomic mass is 16.1. The van der Waals surface area contributed by atoms with Gasteiger partial charge in [0, 0.05) is 44.0 Å². The summed E-state index contributed by atoms with van der Waals surface area (Å²) in [6, 6.07) is 22.7. The number of rotatable bonds is 4. The Bertz CT molecular complexity index is 907. The van der Waals surface area contributed by atoms with Gasteiger partial charge in [-0.1, -0.05) is 42.5 Å². The summed E-state index contributed by atoms with van der Waals surface area (Å²) in [4.78, 5) is 16.1. The predicted molar refractivity (Wildman–Crippen MR) is 106 cm³/mol. The molecule has 132 valence electrons. The van der Waals surface area contributed by atoms with E-state index in [4.69, 9.17) is 5.73 Å². The first-order chi connectivity index (χ1) is 12.7. The molecule has 26 heavy (non-hydrogen) atoms. The molecule has 0 aliphatic carbocycles. The summed E-state index contributed by atoms with van der Waals surface area (Å²) in [5.41, 5.74) is 8.42. The van der Waals surface area contributed by atoms with Gasteiger partial charge in [0.15, 0.2) is 0 Å². The summed E-state index contributed by atoms with van der Waals surface area (Å²) in [7, 11) is 0. The molecular weight excluding hydrogens is 322 g/mol. The third kappa shape index (κ3) is 3.41. The lowest BCUT2D eigenvalue weighted by Crippen LogP contribution is -2.46. The Labute approximate surface area is 153 Å². The highest BCUT2D eigenvalue weighted by molar-refractivity contribution is 5.93. The Balaban J connectivity index is 1.41. The van der Waals surface area contributed by atoms with Crippen LogP contribution in [0.15, 0.2) is 66.7 Å². The number of amides is 1. The van der Waals surface area contributed by atoms with Crippen LogP contribution < -0.4 is 10.6 Å². The van der Waals surface area contributed by atoms with Gasteiger partial charge >= 0.3 is 0 Å². The Morgan fingerprint density at radius 1 is 0.846 bits per heavy atom. The molecule has 0 spiro atoms. The molecule has 1 amide bonds. The molecule has 2 N–H and O–H groups in total. The number of nitrogens with two attached hydrogens (primary N) is 1. The molecule has 1 saturated heterocycles. The molecule has 0 radical (unpaired) electrons. The van der Waals surface area contributed by atoms with Crippen molar-refractivity contribution < 1.29 is 4.79 Å². The summed E-state index contributed by atoms with van der Waals surface area (Å²) in [6.45, 7) is 5.01. The van der Waals surface area contributed by atoms with Crippen LogP contribution in [0.25, 0.3) is 10.8 Å². The van der Waals surface area contributed by atoms with Gasteiger partial charge in [-0.15, -0.1) is 0 Å². The van der Waals surface area contributed by atoms with Gasteiger partial charge in [-0.25, -0.2) is 0 Å². The van der Waals surface area contributed by atoms with Crippen molar-refractivity contribution in [3.8, 4) is 0 Å². The van der Waals surface area contributed by atoms with E-state index in [2.05, 4.69) is 52.3 Å². The largest absolute Gasteiger partial charge is 0.369 e. The van der Waals surface area contributed by atoms with E-state index in [9.17, 15) is 4.79 Å². The van der Waals surface area contributed by atoms with Gasteiger partial charge in [0.25, 0.3) is 0 Å². The van der Waals surface area contributed by atoms with E-state index >= 15 is 0 Å². The van der Waals surface area contributed by atoms with Gasteiger partial charge in [0.1, 0.15) is 0 Å². The first-order valence-electron chi connectivity index (χ1n) is 9.04. The molecule has 1 aliphatic heterocycles. The maximum absolute atomic E-state index is 11.2. The Hall–Kier alpha value is -2.85. The molecule has 0 atom stereocenters. The number of carbonyl (C=O) groups is 1. The van der Waals surface area contributed by atoms with E-state index in [-0.39, 0.29) is 5.91 Å². The number of fused-ring (bicyclic) bond motifs is 1. The lowest BCUT2D eigenvalue weighted by Gasteiger charge is -2.36. The number of nitrogens with zero attached hydrogens (tertiary/aromatic N) is 2. The fourth-order valence-corrected chi connectivity index (χ4v) is 3.67. The Morgan fingerprint density at radius 3 is 2.27 bits per heavy atom. The van der Waals surface area contributed by atoms with Crippen LogP contribution >= 0.6 is 0 Å². The average molecular weight is 345 g/mol. The zero-order valence-corrected chi connectivity index (χ0v) is 14.8. The second kappa shape index (κ2) is 7.18. The van der Waals surface area contributed by atoms with E-state index in [1.54, 1.807) is 12.1 Å². The smallest absolute Gasteiger partial charge is 0.248 e. The molecule has 0 aromatic heterocycles. The molecule has 3 aromatic rings. The fraction of sp³-hybridized carbons (Fsp3) is 0.227. The van der Waals surface area contributed by atoms with Crippen LogP contribution in [0.1, 0.15) is 15.9 Å². The molecule has 4 nitrogen and oxygen atoms in total. The van der Waals surface area contributed by atoms with Crippen LogP contribution in [0.3, 0.4) is 0 Å². The van der Waals surface area contributed by atoms with Crippen LogP contribution in [-0.4, -0.2) is 37.0 Å². The normalized spacial score (nSPS) is 15.3. The number of primary amides is 1. The maximum atomic E-state index is 11.2. The molecule has 4 rings (SSSR count). The van der Waals surface area contributed by atoms with Crippen LogP contribution in [0.5, 0.6) is 0 Å². The second-order valence-electron chi connectivity index (χ2n) is 6.81. The molecular formula is C22H23N3O. The van der Waals surface area contributed by atoms with Crippen molar-refractivity contribution in [1.29, 1.82) is 0 Å². The highest BCUT2D eigenvalue weighted by Crippen LogP contribution is 2.22. The number of hydrogen-bond acceptors (Lipinski definition) is 3. The topological polar surface area (TPSA) is 49.6 Å². The Morgan fingerprint density at radius 2 is 1.54 bits per heavy atom. The van der Waals surface area contributed by atoms with Crippen molar-refractivity contribution >= 4 is 22.4 Å². The van der Waals surface area contributed by atoms with Gasteiger partial charge in [-0.05, 0) is 40.6 Å². The quantitative estimate of drug-likeness (QED) is 0.790. The van der Waals surface area contributed by atoms with Gasteiger partial charge in [-0.2, -0.15) is 0 Å². The average Bonchev–Trinajstić information content (AvgIpc) is 2.69. The van der Waals surface area contributed by atoms with Crippen LogP contribution in [0.4, 0.5) is 5.69 Å². The predicted octanol–water partition coefficient (Wildman–Crippen LogP) is 3.26. The molecule has 0 unspecified atom stereocenters. The SMILES string of the molecule is NC(=O)c1ccc(N2CCN(Cc3cccc4ccccc34)CC2)cc1. The highest BCUT2D eigenvalue weighted by Gasteiger charge is 2.18. The molecule has 1 heterocycles. The lowest BCUT2D eigenvalue weighted by molar-refractivity contribution is 0.100. The molecule has 1 aliphatic rings. The summed E-state index contributed by atoms with van der Waals surface area (Å²) < 4.78 is 0. The van der Waals surface area contributed by atoms with E-state index in [0.717, 1.165) is 38.4 Å². The first-order valence-corrected chi connectivity index (χ1v) is 9.04. The Kier molecular flexibility index (Phi) is 4.59. The molecule has 3 aromatic carbocycles. The summed E-state index contributed by atoms with van der Waals surface area (Å²) in [6.07, 6.45) is 0. The minimum atomic E-state index is -0.378. The molecule has 0 saturated carbocycles. The molecule has 1 fully saturated rings. The second-order valence-corrected chi connectivity index (χ2v) is 6.81. The number of anilines is 1. The van der Waals surface area contributed by atoms with Crippen LogP contribution in [0, 0.1) is 0 Å². The van der Waals surface area contributed by atoms with Crippen molar-refractivity contribution in [2.24, 2.45) is 5.73 Å². The zero-order chi connectivity index (χ0) is 17.9. The zero-order valence-electron chi connectivity index (χ0n) is 14.8. The van der Waals surface area contributed by atoms with Gasteiger partial charge in [0.05, 0.1) is 0 Å². The summed E-state index contributed by atoms with van der Waals surface area (Å²) >= 11 is 0. The summed E-state index contributed by atoms with van der Waals surface area (Å²) in [5, 5.41) is 2.65. The number of hydrogen-bond donors (Lipinski definition) is 1. The van der Waals surface area contributed by atoms with Crippen molar-refractivity contribution in [2.75, 3.05) is 31.1 Å². The molecule has 0 bridgehead atoms. The third-order valence-electron chi connectivity index (χ3n) is 5.16.